The number of aromatic amines is 1. The van der Waals surface area contributed by atoms with E-state index in [4.69, 9.17) is 4.74 Å². The number of hydrogen-bond donors (Lipinski definition) is 1. The highest BCUT2D eigenvalue weighted by molar-refractivity contribution is 5.02. The summed E-state index contributed by atoms with van der Waals surface area (Å²) in [5.41, 5.74) is 0. The maximum absolute atomic E-state index is 12.9. The zero-order chi connectivity index (χ0) is 14.8. The average molecular weight is 298 g/mol. The summed E-state index contributed by atoms with van der Waals surface area (Å²) in [7, 11) is 1.64. The molecule has 2 aromatic heterocycles. The minimum Gasteiger partial charge on any atom is -0.380 e. The van der Waals surface area contributed by atoms with Crippen LogP contribution in [0.15, 0.2) is 18.7 Å². The highest BCUT2D eigenvalue weighted by Crippen LogP contribution is 2.32. The summed E-state index contributed by atoms with van der Waals surface area (Å²) >= 11 is 0. The topological polar surface area (TPSA) is 71.9 Å². The average Bonchev–Trinajstić information content (AvgIpc) is 3.18. The first-order valence-corrected chi connectivity index (χ1v) is 6.61. The monoisotopic (exact) mass is 298 g/mol. The van der Waals surface area contributed by atoms with Crippen LogP contribution in [0.2, 0.25) is 0 Å². The van der Waals surface area contributed by atoms with Crippen LogP contribution >= 0.6 is 0 Å². The van der Waals surface area contributed by atoms with Gasteiger partial charge in [-0.05, 0) is 6.42 Å². The molecule has 21 heavy (non-hydrogen) atoms. The van der Waals surface area contributed by atoms with Crippen LogP contribution < -0.4 is 0 Å². The fourth-order valence-electron chi connectivity index (χ4n) is 2.69. The van der Waals surface area contributed by atoms with Gasteiger partial charge in [0.2, 0.25) is 0 Å². The largest absolute Gasteiger partial charge is 0.380 e. The molecule has 0 bridgehead atoms. The van der Waals surface area contributed by atoms with Gasteiger partial charge in [-0.1, -0.05) is 0 Å². The summed E-state index contributed by atoms with van der Waals surface area (Å²) in [6.07, 6.45) is 4.88. The van der Waals surface area contributed by atoms with Crippen LogP contribution in [0.25, 0.3) is 0 Å². The molecule has 1 aliphatic rings. The highest BCUT2D eigenvalue weighted by Gasteiger charge is 2.35. The lowest BCUT2D eigenvalue weighted by molar-refractivity contribution is 0.0624. The molecule has 0 saturated carbocycles. The summed E-state index contributed by atoms with van der Waals surface area (Å²) in [4.78, 5) is 10.2. The van der Waals surface area contributed by atoms with Gasteiger partial charge in [-0.2, -0.15) is 13.9 Å². The van der Waals surface area contributed by atoms with Crippen molar-refractivity contribution in [3.8, 4) is 0 Å². The highest BCUT2D eigenvalue weighted by atomic mass is 19.3. The lowest BCUT2D eigenvalue weighted by Crippen LogP contribution is -2.27. The smallest absolute Gasteiger partial charge is 0.319 e. The standard InChI is InChI=1S/C12H16F2N6O/c1-21-8-4-9(11-16-7-17-18-11)19(5-8)6-10-15-2-3-20(10)12(13)14/h2-3,7-9,12H,4-6H2,1H3,(H,16,17,18)/t8-,9+/m1/s1. The zero-order valence-corrected chi connectivity index (χ0v) is 11.5. The number of likely N-dealkylation sites (tertiary alicyclic amines) is 1. The van der Waals surface area contributed by atoms with E-state index in [1.54, 1.807) is 7.11 Å². The van der Waals surface area contributed by atoms with E-state index in [-0.39, 0.29) is 12.1 Å². The molecule has 0 aliphatic carbocycles. The predicted octanol–water partition coefficient (Wildman–Crippen LogP) is 1.36. The Labute approximate surface area is 119 Å². The van der Waals surface area contributed by atoms with E-state index in [1.165, 1.54) is 18.7 Å². The lowest BCUT2D eigenvalue weighted by Gasteiger charge is -2.22. The van der Waals surface area contributed by atoms with Crippen LogP contribution in [-0.2, 0) is 11.3 Å². The van der Waals surface area contributed by atoms with Crippen LogP contribution in [-0.4, -0.2) is 49.4 Å². The van der Waals surface area contributed by atoms with Crippen LogP contribution in [0.1, 0.15) is 30.7 Å². The van der Waals surface area contributed by atoms with E-state index >= 15 is 0 Å². The minimum atomic E-state index is -2.59. The van der Waals surface area contributed by atoms with Gasteiger partial charge in [-0.3, -0.25) is 14.6 Å². The molecule has 3 heterocycles. The number of aromatic nitrogens is 5. The molecule has 1 saturated heterocycles. The molecule has 0 spiro atoms. The van der Waals surface area contributed by atoms with Gasteiger partial charge in [0.1, 0.15) is 18.0 Å². The zero-order valence-electron chi connectivity index (χ0n) is 11.5. The second-order valence-electron chi connectivity index (χ2n) is 4.94. The van der Waals surface area contributed by atoms with Gasteiger partial charge in [0.05, 0.1) is 18.7 Å². The number of nitrogens with zero attached hydrogens (tertiary/aromatic N) is 5. The van der Waals surface area contributed by atoms with Crippen molar-refractivity contribution in [3.05, 3.63) is 30.4 Å². The lowest BCUT2D eigenvalue weighted by atomic mass is 10.2. The fourth-order valence-corrected chi connectivity index (χ4v) is 2.69. The molecule has 1 fully saturated rings. The van der Waals surface area contributed by atoms with Gasteiger partial charge in [-0.25, -0.2) is 9.97 Å². The van der Waals surface area contributed by atoms with Crippen LogP contribution in [0.4, 0.5) is 8.78 Å². The number of alkyl halides is 2. The predicted molar refractivity (Wildman–Crippen MR) is 68.4 cm³/mol. The Bertz CT molecular complexity index is 572. The van der Waals surface area contributed by atoms with Crippen molar-refractivity contribution in [2.24, 2.45) is 0 Å². The molecule has 7 nitrogen and oxygen atoms in total. The number of halogens is 2. The Morgan fingerprint density at radius 1 is 1.48 bits per heavy atom. The van der Waals surface area contributed by atoms with E-state index in [0.717, 1.165) is 11.0 Å². The molecule has 0 aromatic carbocycles. The molecule has 2 aromatic rings. The van der Waals surface area contributed by atoms with Crippen molar-refractivity contribution >= 4 is 0 Å². The summed E-state index contributed by atoms with van der Waals surface area (Å²) in [6.45, 7) is -1.65. The van der Waals surface area contributed by atoms with Crippen LogP contribution in [0, 0.1) is 0 Å². The van der Waals surface area contributed by atoms with Crippen molar-refractivity contribution in [3.63, 3.8) is 0 Å². The van der Waals surface area contributed by atoms with Crippen molar-refractivity contribution in [1.82, 2.24) is 29.6 Å². The van der Waals surface area contributed by atoms with Crippen LogP contribution in [0.3, 0.4) is 0 Å². The normalized spacial score (nSPS) is 23.2. The molecule has 0 radical (unpaired) electrons. The Morgan fingerprint density at radius 2 is 2.33 bits per heavy atom. The molecule has 0 amide bonds. The number of nitrogens with one attached hydrogen (secondary N) is 1. The van der Waals surface area contributed by atoms with Gasteiger partial charge in [0.25, 0.3) is 0 Å². The fraction of sp³-hybridized carbons (Fsp3) is 0.583. The molecule has 114 valence electrons. The minimum absolute atomic E-state index is 0.0371. The third kappa shape index (κ3) is 2.79. The third-order valence-corrected chi connectivity index (χ3v) is 3.75. The SMILES string of the molecule is CO[C@@H]1C[C@@H](c2ncn[nH]2)N(Cc2nccn2C(F)F)C1. The number of hydrogen-bond acceptors (Lipinski definition) is 5. The maximum Gasteiger partial charge on any atom is 0.319 e. The first-order chi connectivity index (χ1) is 10.2. The van der Waals surface area contributed by atoms with E-state index in [1.807, 2.05) is 4.90 Å². The Morgan fingerprint density at radius 3 is 3.00 bits per heavy atom. The van der Waals surface area contributed by atoms with Crippen molar-refractivity contribution in [2.45, 2.75) is 31.7 Å². The molecular weight excluding hydrogens is 282 g/mol. The Hall–Kier alpha value is -1.87. The molecule has 3 rings (SSSR count). The molecule has 1 aliphatic heterocycles. The summed E-state index contributed by atoms with van der Waals surface area (Å²) in [6, 6.07) is -0.0414. The second-order valence-corrected chi connectivity index (χ2v) is 4.94. The van der Waals surface area contributed by atoms with Gasteiger partial charge >= 0.3 is 6.55 Å². The first kappa shape index (κ1) is 14.1. The van der Waals surface area contributed by atoms with E-state index in [0.29, 0.717) is 24.7 Å². The van der Waals surface area contributed by atoms with E-state index < -0.39 is 6.55 Å². The van der Waals surface area contributed by atoms with Gasteiger partial charge < -0.3 is 4.74 Å². The molecule has 2 atom stereocenters. The van der Waals surface area contributed by atoms with E-state index in [9.17, 15) is 8.78 Å². The first-order valence-electron chi connectivity index (χ1n) is 6.61. The molecular formula is C12H16F2N6O. The van der Waals surface area contributed by atoms with Crippen molar-refractivity contribution in [1.29, 1.82) is 0 Å². The quantitative estimate of drug-likeness (QED) is 0.902. The number of rotatable bonds is 5. The summed E-state index contributed by atoms with van der Waals surface area (Å²) in [5.74, 6) is 1.04. The van der Waals surface area contributed by atoms with Gasteiger partial charge in [-0.15, -0.1) is 0 Å². The number of ether oxygens (including phenoxy) is 1. The number of H-pyrrole nitrogens is 1. The number of methoxy groups -OCH3 is 1. The maximum atomic E-state index is 12.9. The van der Waals surface area contributed by atoms with Crippen molar-refractivity contribution < 1.29 is 13.5 Å². The summed E-state index contributed by atoms with van der Waals surface area (Å²) in [5, 5.41) is 6.69. The van der Waals surface area contributed by atoms with Crippen molar-refractivity contribution in [2.75, 3.05) is 13.7 Å². The van der Waals surface area contributed by atoms with E-state index in [2.05, 4.69) is 20.2 Å². The van der Waals surface area contributed by atoms with Gasteiger partial charge in [0, 0.05) is 26.0 Å². The van der Waals surface area contributed by atoms with Gasteiger partial charge in [0.15, 0.2) is 0 Å². The number of imidazole rings is 1. The molecule has 0 unspecified atom stereocenters. The summed E-state index contributed by atoms with van der Waals surface area (Å²) < 4.78 is 32.1. The second kappa shape index (κ2) is 5.86. The Kier molecular flexibility index (Phi) is 3.93. The molecule has 1 N–H and O–H groups in total. The van der Waals surface area contributed by atoms with Crippen LogP contribution in [0.5, 0.6) is 0 Å². The molecule has 9 heteroatoms. The Balaban J connectivity index is 1.80. The third-order valence-electron chi connectivity index (χ3n) is 3.75.